The average Bonchev–Trinajstić information content (AvgIpc) is 2.76. The average molecular weight is 433 g/mol. The van der Waals surface area contributed by atoms with Gasteiger partial charge in [-0.3, -0.25) is 9.59 Å². The highest BCUT2D eigenvalue weighted by atomic mass is 32.2. The molecule has 0 bridgehead atoms. The summed E-state index contributed by atoms with van der Waals surface area (Å²) in [5, 5.41) is 34.2. The van der Waals surface area contributed by atoms with Crippen LogP contribution in [0.15, 0.2) is 48.5 Å². The molecule has 0 radical (unpaired) electrons. The molecule has 30 heavy (non-hydrogen) atoms. The van der Waals surface area contributed by atoms with Crippen LogP contribution in [-0.2, 0) is 11.3 Å². The number of rotatable bonds is 11. The summed E-state index contributed by atoms with van der Waals surface area (Å²) in [6, 6.07) is 12.2. The van der Waals surface area contributed by atoms with Gasteiger partial charge in [-0.25, -0.2) is 0 Å². The van der Waals surface area contributed by atoms with E-state index in [1.807, 2.05) is 13.0 Å². The minimum atomic E-state index is -0.741. The van der Waals surface area contributed by atoms with Crippen LogP contribution in [0.25, 0.3) is 0 Å². The van der Waals surface area contributed by atoms with Crippen molar-refractivity contribution in [3.63, 3.8) is 0 Å². The minimum absolute atomic E-state index is 0.145. The van der Waals surface area contributed by atoms with Crippen molar-refractivity contribution in [1.82, 2.24) is 10.6 Å². The zero-order chi connectivity index (χ0) is 21.9. The Labute approximate surface area is 180 Å². The zero-order valence-electron chi connectivity index (χ0n) is 16.9. The highest BCUT2D eigenvalue weighted by Gasteiger charge is 2.21. The first-order valence-electron chi connectivity index (χ1n) is 9.81. The lowest BCUT2D eigenvalue weighted by Crippen LogP contribution is -2.46. The maximum Gasteiger partial charge on any atom is 0.251 e. The van der Waals surface area contributed by atoms with Crippen LogP contribution >= 0.6 is 11.8 Å². The molecule has 0 heterocycles. The van der Waals surface area contributed by atoms with Gasteiger partial charge in [-0.15, -0.1) is 0 Å². The number of aliphatic hydroxyl groups is 1. The molecule has 2 atom stereocenters. The SMILES string of the molecule is CCC(O)CSCCC(NC(=O)c1ccccc1)C(=O)NCc1ccc(O)c(O)c1. The number of phenolic OH excluding ortho intramolecular Hbond substituents is 2. The Kier molecular flexibility index (Phi) is 9.50. The van der Waals surface area contributed by atoms with Gasteiger partial charge in [-0.1, -0.05) is 31.2 Å². The van der Waals surface area contributed by atoms with Crippen LogP contribution in [0.5, 0.6) is 11.5 Å². The zero-order valence-corrected chi connectivity index (χ0v) is 17.7. The Morgan fingerprint density at radius 1 is 1.07 bits per heavy atom. The van der Waals surface area contributed by atoms with E-state index in [1.54, 1.807) is 30.3 Å². The maximum absolute atomic E-state index is 12.7. The first kappa shape index (κ1) is 23.6. The minimum Gasteiger partial charge on any atom is -0.504 e. The topological polar surface area (TPSA) is 119 Å². The summed E-state index contributed by atoms with van der Waals surface area (Å²) < 4.78 is 0. The lowest BCUT2D eigenvalue weighted by atomic mass is 10.1. The van der Waals surface area contributed by atoms with Gasteiger partial charge < -0.3 is 26.0 Å². The molecule has 162 valence electrons. The lowest BCUT2D eigenvalue weighted by Gasteiger charge is -2.19. The Hall–Kier alpha value is -2.71. The van der Waals surface area contributed by atoms with Crippen molar-refractivity contribution < 1.29 is 24.9 Å². The van der Waals surface area contributed by atoms with Gasteiger partial charge >= 0.3 is 0 Å². The lowest BCUT2D eigenvalue weighted by molar-refractivity contribution is -0.123. The summed E-state index contributed by atoms with van der Waals surface area (Å²) in [7, 11) is 0. The summed E-state index contributed by atoms with van der Waals surface area (Å²) in [4.78, 5) is 25.2. The number of nitrogens with one attached hydrogen (secondary N) is 2. The summed E-state index contributed by atoms with van der Waals surface area (Å²) >= 11 is 1.53. The second-order valence-corrected chi connectivity index (χ2v) is 8.01. The third kappa shape index (κ3) is 7.61. The molecular formula is C22H28N2O5S. The third-order valence-corrected chi connectivity index (χ3v) is 5.64. The molecular weight excluding hydrogens is 404 g/mol. The van der Waals surface area contributed by atoms with Crippen LogP contribution in [0.3, 0.4) is 0 Å². The number of aliphatic hydroxyl groups excluding tert-OH is 1. The molecule has 0 aliphatic carbocycles. The highest BCUT2D eigenvalue weighted by molar-refractivity contribution is 7.99. The van der Waals surface area contributed by atoms with E-state index in [0.29, 0.717) is 35.5 Å². The van der Waals surface area contributed by atoms with E-state index in [2.05, 4.69) is 10.6 Å². The molecule has 2 aromatic carbocycles. The van der Waals surface area contributed by atoms with Gasteiger partial charge in [-0.05, 0) is 48.4 Å². The van der Waals surface area contributed by atoms with Crippen molar-refractivity contribution in [3.8, 4) is 11.5 Å². The normalized spacial score (nSPS) is 12.7. The van der Waals surface area contributed by atoms with Crippen molar-refractivity contribution in [1.29, 1.82) is 0 Å². The van der Waals surface area contributed by atoms with Crippen molar-refractivity contribution >= 4 is 23.6 Å². The summed E-state index contributed by atoms with van der Waals surface area (Å²) in [6.45, 7) is 2.05. The van der Waals surface area contributed by atoms with Crippen molar-refractivity contribution in [2.24, 2.45) is 0 Å². The fourth-order valence-electron chi connectivity index (χ4n) is 2.63. The number of hydrogen-bond acceptors (Lipinski definition) is 6. The van der Waals surface area contributed by atoms with Gasteiger partial charge in [-0.2, -0.15) is 11.8 Å². The fourth-order valence-corrected chi connectivity index (χ4v) is 3.71. The highest BCUT2D eigenvalue weighted by Crippen LogP contribution is 2.24. The molecule has 0 aromatic heterocycles. The maximum atomic E-state index is 12.7. The number of benzene rings is 2. The molecule has 0 aliphatic heterocycles. The van der Waals surface area contributed by atoms with Gasteiger partial charge in [0.25, 0.3) is 5.91 Å². The van der Waals surface area contributed by atoms with Crippen LogP contribution in [0.1, 0.15) is 35.7 Å². The van der Waals surface area contributed by atoms with E-state index < -0.39 is 6.04 Å². The number of carbonyl (C=O) groups is 2. The third-order valence-electron chi connectivity index (χ3n) is 4.50. The smallest absolute Gasteiger partial charge is 0.251 e. The van der Waals surface area contributed by atoms with Crippen molar-refractivity contribution in [2.45, 2.75) is 38.5 Å². The largest absolute Gasteiger partial charge is 0.504 e. The second-order valence-electron chi connectivity index (χ2n) is 6.86. The van der Waals surface area contributed by atoms with Crippen LogP contribution in [0, 0.1) is 0 Å². The first-order chi connectivity index (χ1) is 14.4. The van der Waals surface area contributed by atoms with E-state index >= 15 is 0 Å². The molecule has 8 heteroatoms. The number of hydrogen-bond donors (Lipinski definition) is 5. The van der Waals surface area contributed by atoms with Crippen LogP contribution in [0.4, 0.5) is 0 Å². The molecule has 2 amide bonds. The van der Waals surface area contributed by atoms with E-state index in [-0.39, 0.29) is 36.0 Å². The van der Waals surface area contributed by atoms with E-state index in [0.717, 1.165) is 0 Å². The number of aromatic hydroxyl groups is 2. The summed E-state index contributed by atoms with van der Waals surface area (Å²) in [5.41, 5.74) is 1.08. The Morgan fingerprint density at radius 2 is 1.80 bits per heavy atom. The van der Waals surface area contributed by atoms with Crippen LogP contribution < -0.4 is 10.6 Å². The molecule has 0 spiro atoms. The van der Waals surface area contributed by atoms with Crippen LogP contribution in [0.2, 0.25) is 0 Å². The quantitative estimate of drug-likeness (QED) is 0.275. The Balaban J connectivity index is 1.98. The van der Waals surface area contributed by atoms with Crippen molar-refractivity contribution in [3.05, 3.63) is 59.7 Å². The standard InChI is InChI=1S/C22H28N2O5S/c1-2-17(25)14-30-11-10-18(24-21(28)16-6-4-3-5-7-16)22(29)23-13-15-8-9-19(26)20(27)12-15/h3-9,12,17-18,25-27H,2,10-11,13-14H2,1H3,(H,23,29)(H,24,28). The van der Waals surface area contributed by atoms with E-state index in [1.165, 1.54) is 23.9 Å². The van der Waals surface area contributed by atoms with Gasteiger partial charge in [0, 0.05) is 17.9 Å². The molecule has 2 unspecified atom stereocenters. The number of amides is 2. The molecule has 0 saturated heterocycles. The number of thioether (sulfide) groups is 1. The number of phenols is 2. The summed E-state index contributed by atoms with van der Waals surface area (Å²) in [6.07, 6.45) is 0.691. The second kappa shape index (κ2) is 12.1. The molecule has 0 saturated carbocycles. The molecule has 2 rings (SSSR count). The molecule has 0 fully saturated rings. The molecule has 2 aromatic rings. The van der Waals surface area contributed by atoms with Gasteiger partial charge in [0.1, 0.15) is 6.04 Å². The van der Waals surface area contributed by atoms with Gasteiger partial charge in [0.15, 0.2) is 11.5 Å². The first-order valence-corrected chi connectivity index (χ1v) is 11.0. The molecule has 0 aliphatic rings. The van der Waals surface area contributed by atoms with Crippen molar-refractivity contribution in [2.75, 3.05) is 11.5 Å². The van der Waals surface area contributed by atoms with E-state index in [4.69, 9.17) is 0 Å². The number of carbonyl (C=O) groups excluding carboxylic acids is 2. The van der Waals surface area contributed by atoms with Crippen LogP contribution in [-0.4, -0.2) is 50.8 Å². The summed E-state index contributed by atoms with van der Waals surface area (Å²) in [5.74, 6) is 0.000104. The van der Waals surface area contributed by atoms with Gasteiger partial charge in [0.2, 0.25) is 5.91 Å². The predicted octanol–water partition coefficient (Wildman–Crippen LogP) is 2.41. The van der Waals surface area contributed by atoms with E-state index in [9.17, 15) is 24.9 Å². The molecule has 7 nitrogen and oxygen atoms in total. The van der Waals surface area contributed by atoms with Gasteiger partial charge in [0.05, 0.1) is 6.10 Å². The monoisotopic (exact) mass is 432 g/mol. The Morgan fingerprint density at radius 3 is 2.47 bits per heavy atom. The Bertz CT molecular complexity index is 832. The molecule has 5 N–H and O–H groups in total. The predicted molar refractivity (Wildman–Crippen MR) is 118 cm³/mol. The fraction of sp³-hybridized carbons (Fsp3) is 0.364.